The zero-order valence-electron chi connectivity index (χ0n) is 65.8. The van der Waals surface area contributed by atoms with Crippen molar-refractivity contribution in [2.24, 2.45) is 0 Å². The van der Waals surface area contributed by atoms with Crippen LogP contribution in [0, 0.1) is 0 Å². The molecular weight excluding hydrogens is 1570 g/mol. The van der Waals surface area contributed by atoms with Crippen LogP contribution in [-0.2, 0) is 18.6 Å². The molecule has 0 aliphatic carbocycles. The molecular formula is C102H87B2BrO4S3Si3. The van der Waals surface area contributed by atoms with E-state index in [0.717, 1.165) is 4.47 Å². The zero-order valence-corrected chi connectivity index (χ0v) is 72.8. The van der Waals surface area contributed by atoms with Gasteiger partial charge in [-0.3, -0.25) is 0 Å². The maximum Gasteiger partial charge on any atom is 0.488 e. The van der Waals surface area contributed by atoms with E-state index in [1.807, 2.05) is 89.4 Å². The lowest BCUT2D eigenvalue weighted by Gasteiger charge is -2.35. The number of benzene rings is 15. The first-order chi connectivity index (χ1) is 55.9. The summed E-state index contributed by atoms with van der Waals surface area (Å²) in [5.41, 5.74) is 1.02. The first-order valence-electron chi connectivity index (χ1n) is 39.6. The van der Waals surface area contributed by atoms with Gasteiger partial charge >= 0.3 is 14.0 Å². The molecule has 20 rings (SSSR count). The van der Waals surface area contributed by atoms with Crippen LogP contribution >= 0.6 is 49.9 Å². The van der Waals surface area contributed by atoms with Crippen molar-refractivity contribution in [1.82, 2.24) is 0 Å². The van der Waals surface area contributed by atoms with Crippen molar-refractivity contribution >= 4 is 211 Å². The largest absolute Gasteiger partial charge is 0.488 e. The van der Waals surface area contributed by atoms with Gasteiger partial charge in [-0.2, -0.15) is 0 Å². The van der Waals surface area contributed by atoms with Crippen LogP contribution in [0.1, 0.15) is 55.4 Å². The van der Waals surface area contributed by atoms with Crippen molar-refractivity contribution in [3.63, 3.8) is 0 Å². The monoisotopic (exact) mass is 1660 g/mol. The Hall–Kier alpha value is -9.94. The number of hydrogen-bond acceptors (Lipinski definition) is 7. The molecule has 5 heterocycles. The van der Waals surface area contributed by atoms with Gasteiger partial charge in [-0.15, -0.1) is 34.0 Å². The molecule has 18 aromatic rings. The summed E-state index contributed by atoms with van der Waals surface area (Å²) in [6, 6.07) is 144. The highest BCUT2D eigenvalue weighted by Gasteiger charge is 2.64. The van der Waals surface area contributed by atoms with Crippen molar-refractivity contribution in [2.45, 2.75) is 77.8 Å². The first-order valence-corrected chi connectivity index (χ1v) is 48.9. The van der Waals surface area contributed by atoms with Gasteiger partial charge in [-0.1, -0.05) is 368 Å². The van der Waals surface area contributed by atoms with E-state index in [1.54, 1.807) is 0 Å². The van der Waals surface area contributed by atoms with E-state index in [1.165, 1.54) is 134 Å². The fourth-order valence-electron chi connectivity index (χ4n) is 17.7. The van der Waals surface area contributed by atoms with Gasteiger partial charge in [0.15, 0.2) is 24.2 Å². The highest BCUT2D eigenvalue weighted by atomic mass is 79.9. The Kier molecular flexibility index (Phi) is 20.5. The number of fused-ring (bicyclic) bond motifs is 9. The molecule has 0 radical (unpaired) electrons. The summed E-state index contributed by atoms with van der Waals surface area (Å²) in [6.45, 7) is 16.2. The molecule has 2 aliphatic rings. The van der Waals surface area contributed by atoms with E-state index in [9.17, 15) is 0 Å². The molecule has 0 unspecified atom stereocenters. The Labute approximate surface area is 699 Å². The molecule has 2 saturated heterocycles. The topological polar surface area (TPSA) is 36.9 Å². The van der Waals surface area contributed by atoms with Gasteiger partial charge in [0.2, 0.25) is 0 Å². The summed E-state index contributed by atoms with van der Waals surface area (Å²) in [7, 11) is -9.38. The summed E-state index contributed by atoms with van der Waals surface area (Å²) in [5.74, 6) is 0. The van der Waals surface area contributed by atoms with Crippen LogP contribution in [0.2, 0.25) is 0 Å². The molecule has 0 amide bonds. The molecule has 2 aliphatic heterocycles. The zero-order chi connectivity index (χ0) is 78.7. The minimum absolute atomic E-state index is 0.360. The van der Waals surface area contributed by atoms with Crippen LogP contribution in [0.15, 0.2) is 387 Å². The van der Waals surface area contributed by atoms with Crippen molar-refractivity contribution in [3.8, 4) is 11.1 Å². The highest BCUT2D eigenvalue weighted by molar-refractivity contribution is 9.10. The average Bonchev–Trinajstić information content (AvgIpc) is 1.71. The maximum atomic E-state index is 5.96. The number of rotatable bonds is 14. The average molecular weight is 1660 g/mol. The first kappa shape index (κ1) is 76.4. The summed E-state index contributed by atoms with van der Waals surface area (Å²) in [6.07, 6.45) is 0. The Bertz CT molecular complexity index is 6130. The lowest BCUT2D eigenvalue weighted by atomic mass is 9.49. The molecule has 115 heavy (non-hydrogen) atoms. The Morgan fingerprint density at radius 3 is 0.713 bits per heavy atom. The molecule has 13 heteroatoms. The maximum absolute atomic E-state index is 5.96. The van der Waals surface area contributed by atoms with Crippen LogP contribution in [0.25, 0.3) is 71.6 Å². The van der Waals surface area contributed by atoms with Crippen LogP contribution in [0.3, 0.4) is 0 Å². The van der Waals surface area contributed by atoms with Crippen LogP contribution in [0.5, 0.6) is 0 Å². The Morgan fingerprint density at radius 1 is 0.226 bits per heavy atom. The molecule has 0 spiro atoms. The van der Waals surface area contributed by atoms with Gasteiger partial charge in [0, 0.05) is 65.0 Å². The van der Waals surface area contributed by atoms with Gasteiger partial charge in [-0.25, -0.2) is 0 Å². The second kappa shape index (κ2) is 30.9. The van der Waals surface area contributed by atoms with E-state index < -0.39 is 38.2 Å². The minimum atomic E-state index is -2.93. The number of halogens is 1. The molecule has 0 N–H and O–H groups in total. The standard InChI is InChI=1S/C60H42S2Si2.C30H21BrSSi.C12H24B2O4/c1-5-23-45(24-6-1)63(46-25-7-2-8-26-46,57-39-19-35-53-51-33-13-15-37-55(51)61-59(53)57)49-31-17-21-43(41-49)44-22-18-32-50(42-44)64(47-27-9-3-10-28-47,48-29-11-4-12-30-48)58-40-20-36-54-52-34-14-16-38-56(52)62-60(54)58;31-22-11-9-16-25(21-22)33(23-12-3-1-4-13-23,24-14-5-2-6-15-24)29-20-10-18-27-26-17-7-8-19-28(26)32-30(27)29;1-9(2)10(3,4)16-13(15-9)14-17-11(5,6)12(7,8)18-14/h1-42H;1-21H;1-8H3. The molecule has 15 aromatic carbocycles. The summed E-state index contributed by atoms with van der Waals surface area (Å²) in [4.78, 5) is 0. The summed E-state index contributed by atoms with van der Waals surface area (Å²) >= 11 is 9.58. The van der Waals surface area contributed by atoms with Crippen molar-refractivity contribution in [1.29, 1.82) is 0 Å². The van der Waals surface area contributed by atoms with Gasteiger partial charge in [0.25, 0.3) is 0 Å². The van der Waals surface area contributed by atoms with Gasteiger partial charge in [0.1, 0.15) is 0 Å². The second-order valence-electron chi connectivity index (χ2n) is 32.2. The lowest BCUT2D eigenvalue weighted by Crippen LogP contribution is -2.75. The van der Waals surface area contributed by atoms with Crippen molar-refractivity contribution in [3.05, 3.63) is 387 Å². The molecule has 0 atom stereocenters. The smallest absolute Gasteiger partial charge is 0.405 e. The molecule has 562 valence electrons. The van der Waals surface area contributed by atoms with E-state index >= 15 is 0 Å². The predicted molar refractivity (Wildman–Crippen MR) is 508 cm³/mol. The van der Waals surface area contributed by atoms with Crippen LogP contribution in [0.4, 0.5) is 0 Å². The van der Waals surface area contributed by atoms with Gasteiger partial charge in [0.05, 0.1) is 22.4 Å². The minimum Gasteiger partial charge on any atom is -0.405 e. The normalized spacial score (nSPS) is 15.1. The van der Waals surface area contributed by atoms with Gasteiger partial charge < -0.3 is 18.6 Å². The molecule has 3 aromatic heterocycles. The van der Waals surface area contributed by atoms with Crippen LogP contribution < -0.4 is 62.2 Å². The van der Waals surface area contributed by atoms with Crippen molar-refractivity contribution in [2.75, 3.05) is 0 Å². The van der Waals surface area contributed by atoms with Gasteiger partial charge in [-0.05, 0) is 159 Å². The van der Waals surface area contributed by atoms with E-state index in [4.69, 9.17) is 18.6 Å². The Morgan fingerprint density at radius 2 is 0.443 bits per heavy atom. The fourth-order valence-corrected chi connectivity index (χ4v) is 38.1. The summed E-state index contributed by atoms with van der Waals surface area (Å²) in [5, 5.41) is 24.8. The predicted octanol–water partition coefficient (Wildman–Crippen LogP) is 19.3. The van der Waals surface area contributed by atoms with Crippen LogP contribution in [-0.4, -0.2) is 60.6 Å². The molecule has 2 fully saturated rings. The Balaban J connectivity index is 0.000000148. The third-order valence-corrected chi connectivity index (χ3v) is 43.7. The van der Waals surface area contributed by atoms with E-state index in [0.29, 0.717) is 0 Å². The third-order valence-electron chi connectivity index (χ3n) is 24.6. The molecule has 0 saturated carbocycles. The highest BCUT2D eigenvalue weighted by Crippen LogP contribution is 2.44. The fraction of sp³-hybridized carbons (Fsp3) is 0.118. The van der Waals surface area contributed by atoms with E-state index in [2.05, 4.69) is 398 Å². The second-order valence-corrected chi connectivity index (χ2v) is 47.6. The number of thiophene rings is 3. The van der Waals surface area contributed by atoms with Crippen molar-refractivity contribution < 1.29 is 18.6 Å². The quantitative estimate of drug-likeness (QED) is 0.0803. The van der Waals surface area contributed by atoms with E-state index in [-0.39, 0.29) is 22.4 Å². The molecule has 4 nitrogen and oxygen atoms in total. The molecule has 0 bridgehead atoms. The third kappa shape index (κ3) is 13.3. The number of hydrogen-bond donors (Lipinski definition) is 0. The SMILES string of the molecule is Brc1cccc([Si](c2ccccc2)(c2ccccc2)c2cccc3c2sc2ccccc23)c1.CC1(C)OB(B2OC(C)(C)C(C)(C)O2)OC1(C)C.c1ccc([Si](c2ccccc2)(c2cccc(-c3cccc([Si](c4ccccc4)(c4ccccc4)c4cccc5c4sc4ccccc45)c3)c2)c2cccc3c2sc2ccccc23)cc1. The lowest BCUT2D eigenvalue weighted by molar-refractivity contribution is 0.00578. The summed E-state index contributed by atoms with van der Waals surface area (Å²) < 4.78 is 33.1.